The molecule has 4 nitrogen and oxygen atoms in total. The van der Waals surface area contributed by atoms with Gasteiger partial charge in [0.2, 0.25) is 0 Å². The van der Waals surface area contributed by atoms with Gasteiger partial charge in [-0.25, -0.2) is 0 Å². The lowest BCUT2D eigenvalue weighted by Crippen LogP contribution is -2.26. The molecule has 0 aliphatic carbocycles. The van der Waals surface area contributed by atoms with Crippen LogP contribution in [0, 0.1) is 5.92 Å². The molecule has 1 saturated heterocycles. The van der Waals surface area contributed by atoms with Crippen molar-refractivity contribution < 1.29 is 14.3 Å². The van der Waals surface area contributed by atoms with Crippen molar-refractivity contribution in [3.63, 3.8) is 0 Å². The lowest BCUT2D eigenvalue weighted by Gasteiger charge is -2.19. The summed E-state index contributed by atoms with van der Waals surface area (Å²) in [6, 6.07) is 24.8. The van der Waals surface area contributed by atoms with Crippen LogP contribution in [0.15, 0.2) is 72.8 Å². The van der Waals surface area contributed by atoms with E-state index in [9.17, 15) is 4.79 Å². The summed E-state index contributed by atoms with van der Waals surface area (Å²) in [5.74, 6) is 2.48. The van der Waals surface area contributed by atoms with Crippen LogP contribution in [0.2, 0.25) is 0 Å². The van der Waals surface area contributed by atoms with Crippen LogP contribution >= 0.6 is 11.3 Å². The molecule has 1 aromatic heterocycles. The van der Waals surface area contributed by atoms with Gasteiger partial charge < -0.3 is 14.4 Å². The van der Waals surface area contributed by atoms with E-state index in [1.54, 1.807) is 11.3 Å². The molecule has 5 rings (SSSR count). The highest BCUT2D eigenvalue weighted by Crippen LogP contribution is 2.40. The van der Waals surface area contributed by atoms with Gasteiger partial charge in [-0.2, -0.15) is 0 Å². The summed E-state index contributed by atoms with van der Waals surface area (Å²) in [7, 11) is 2.20. The topological polar surface area (TPSA) is 38.8 Å². The molecule has 0 N–H and O–H groups in total. The summed E-state index contributed by atoms with van der Waals surface area (Å²) in [5.41, 5.74) is 2.49. The molecule has 0 spiro atoms. The summed E-state index contributed by atoms with van der Waals surface area (Å²) in [5, 5.41) is 1.00. The molecule has 1 aliphatic rings. The average molecular weight is 612 g/mol. The molecule has 44 heavy (non-hydrogen) atoms. The van der Waals surface area contributed by atoms with Crippen molar-refractivity contribution in [2.75, 3.05) is 26.8 Å². The van der Waals surface area contributed by atoms with Crippen LogP contribution in [0.1, 0.15) is 94.0 Å². The maximum Gasteiger partial charge on any atom is 0.195 e. The van der Waals surface area contributed by atoms with Gasteiger partial charge in [0.25, 0.3) is 0 Å². The van der Waals surface area contributed by atoms with Crippen LogP contribution in [0.5, 0.6) is 11.5 Å². The minimum atomic E-state index is 0.0430. The third-order valence-electron chi connectivity index (χ3n) is 9.28. The van der Waals surface area contributed by atoms with Crippen LogP contribution in [-0.2, 0) is 0 Å². The highest BCUT2D eigenvalue weighted by atomic mass is 32.1. The zero-order chi connectivity index (χ0) is 30.7. The molecule has 1 fully saturated rings. The van der Waals surface area contributed by atoms with Crippen molar-refractivity contribution in [1.29, 1.82) is 0 Å². The number of likely N-dealkylation sites (tertiary alicyclic amines) is 1. The number of unbranched alkanes of at least 4 members (excludes halogenated alkanes) is 3. The molecule has 234 valence electrons. The van der Waals surface area contributed by atoms with E-state index >= 15 is 0 Å². The maximum absolute atomic E-state index is 14.0. The van der Waals surface area contributed by atoms with Gasteiger partial charge in [0, 0.05) is 32.1 Å². The third-order valence-corrected chi connectivity index (χ3v) is 10.5. The van der Waals surface area contributed by atoms with Crippen molar-refractivity contribution >= 4 is 27.2 Å². The Morgan fingerprint density at radius 3 is 2.32 bits per heavy atom. The summed E-state index contributed by atoms with van der Waals surface area (Å²) in [4.78, 5) is 17.4. The normalized spacial score (nSPS) is 15.9. The molecule has 2 heterocycles. The van der Waals surface area contributed by atoms with Crippen LogP contribution in [0.3, 0.4) is 0 Å². The fourth-order valence-electron chi connectivity index (χ4n) is 6.44. The standard InChI is InChI=1S/C39H49NO3S/c1-4-6-7-8-12-29(5-2)24-27-42-34-22-18-31(19-23-34)39-37(35-14-9-10-15-36(35)44-39)38(41)30-16-20-33(21-17-30)43-28-25-32-13-11-26-40(32)3/h9-10,14-23,29,32H,4-8,11-13,24-28H2,1-3H3. The molecular weight excluding hydrogens is 563 g/mol. The van der Waals surface area contributed by atoms with Gasteiger partial charge in [-0.1, -0.05) is 70.6 Å². The van der Waals surface area contributed by atoms with Gasteiger partial charge in [0.05, 0.1) is 13.2 Å². The van der Waals surface area contributed by atoms with Gasteiger partial charge in [0.15, 0.2) is 5.78 Å². The number of rotatable bonds is 17. The number of hydrogen-bond acceptors (Lipinski definition) is 5. The van der Waals surface area contributed by atoms with Crippen LogP contribution in [-0.4, -0.2) is 43.5 Å². The predicted molar refractivity (Wildman–Crippen MR) is 186 cm³/mol. The highest BCUT2D eigenvalue weighted by molar-refractivity contribution is 7.22. The van der Waals surface area contributed by atoms with Crippen molar-refractivity contribution in [2.45, 2.75) is 84.1 Å². The minimum Gasteiger partial charge on any atom is -0.494 e. The first-order valence-electron chi connectivity index (χ1n) is 16.8. The molecule has 5 heteroatoms. The first-order valence-corrected chi connectivity index (χ1v) is 17.6. The van der Waals surface area contributed by atoms with Gasteiger partial charge in [-0.3, -0.25) is 4.79 Å². The largest absolute Gasteiger partial charge is 0.494 e. The Bertz CT molecular complexity index is 1460. The number of thiophene rings is 1. The number of carbonyl (C=O) groups excluding carboxylic acids is 1. The number of carbonyl (C=O) groups is 1. The SMILES string of the molecule is CCCCCCC(CC)CCOc1ccc(-c2sc3ccccc3c2C(=O)c2ccc(OCCC3CCCN3C)cc2)cc1. The molecule has 1 aliphatic heterocycles. The monoisotopic (exact) mass is 611 g/mol. The molecule has 3 aromatic carbocycles. The maximum atomic E-state index is 14.0. The van der Waals surface area contributed by atoms with E-state index in [0.29, 0.717) is 18.2 Å². The summed E-state index contributed by atoms with van der Waals surface area (Å²) >= 11 is 1.68. The number of ether oxygens (including phenoxy) is 2. The smallest absolute Gasteiger partial charge is 0.195 e. The van der Waals surface area contributed by atoms with E-state index in [1.165, 1.54) is 57.9 Å². The minimum absolute atomic E-state index is 0.0430. The molecule has 0 bridgehead atoms. The van der Waals surface area contributed by atoms with Crippen molar-refractivity contribution in [3.05, 3.63) is 83.9 Å². The third kappa shape index (κ3) is 8.31. The van der Waals surface area contributed by atoms with Crippen molar-refractivity contribution in [2.24, 2.45) is 5.92 Å². The molecule has 2 atom stereocenters. The Labute approximate surface area is 268 Å². The quantitative estimate of drug-likeness (QED) is 0.0879. The van der Waals surface area contributed by atoms with Crippen LogP contribution in [0.4, 0.5) is 0 Å². The molecule has 0 saturated carbocycles. The fourth-order valence-corrected chi connectivity index (χ4v) is 7.64. The van der Waals surface area contributed by atoms with Gasteiger partial charge in [-0.05, 0) is 105 Å². The zero-order valence-corrected chi connectivity index (χ0v) is 27.7. The number of nitrogens with zero attached hydrogens (tertiary/aromatic N) is 1. The lowest BCUT2D eigenvalue weighted by atomic mass is 9.95. The lowest BCUT2D eigenvalue weighted by molar-refractivity contribution is 0.104. The Morgan fingerprint density at radius 2 is 1.61 bits per heavy atom. The number of ketones is 1. The van der Waals surface area contributed by atoms with Crippen LogP contribution < -0.4 is 9.47 Å². The first-order chi connectivity index (χ1) is 21.6. The zero-order valence-electron chi connectivity index (χ0n) is 26.9. The van der Waals surface area contributed by atoms with Crippen LogP contribution in [0.25, 0.3) is 20.5 Å². The Hall–Kier alpha value is -3.15. The number of benzene rings is 3. The second-order valence-corrected chi connectivity index (χ2v) is 13.4. The first kappa shape index (κ1) is 32.2. The number of hydrogen-bond donors (Lipinski definition) is 0. The Morgan fingerprint density at radius 1 is 0.886 bits per heavy atom. The summed E-state index contributed by atoms with van der Waals surface area (Å²) in [6.45, 7) is 7.18. The molecule has 0 radical (unpaired) electrons. The Kier molecular flexibility index (Phi) is 11.9. The second kappa shape index (κ2) is 16.2. The van der Waals surface area contributed by atoms with Crippen molar-refractivity contribution in [1.82, 2.24) is 4.90 Å². The van der Waals surface area contributed by atoms with E-state index in [2.05, 4.69) is 50.1 Å². The van der Waals surface area contributed by atoms with Crippen molar-refractivity contribution in [3.8, 4) is 21.9 Å². The highest BCUT2D eigenvalue weighted by Gasteiger charge is 2.22. The van der Waals surface area contributed by atoms with E-state index in [4.69, 9.17) is 9.47 Å². The summed E-state index contributed by atoms with van der Waals surface area (Å²) in [6.07, 6.45) is 12.5. The predicted octanol–water partition coefficient (Wildman–Crippen LogP) is 10.4. The van der Waals surface area contributed by atoms with Gasteiger partial charge in [-0.15, -0.1) is 11.3 Å². The van der Waals surface area contributed by atoms with E-state index in [-0.39, 0.29) is 5.78 Å². The van der Waals surface area contributed by atoms with E-state index in [0.717, 1.165) is 63.0 Å². The number of fused-ring (bicyclic) bond motifs is 1. The second-order valence-electron chi connectivity index (χ2n) is 12.4. The molecular formula is C39H49NO3S. The average Bonchev–Trinajstić information content (AvgIpc) is 3.65. The summed E-state index contributed by atoms with van der Waals surface area (Å²) < 4.78 is 13.3. The molecule has 0 amide bonds. The molecule has 2 unspecified atom stereocenters. The van der Waals surface area contributed by atoms with E-state index < -0.39 is 0 Å². The fraction of sp³-hybridized carbons (Fsp3) is 0.462. The van der Waals surface area contributed by atoms with Gasteiger partial charge in [0.1, 0.15) is 11.5 Å². The van der Waals surface area contributed by atoms with Gasteiger partial charge >= 0.3 is 0 Å². The Balaban J connectivity index is 1.24. The molecule has 4 aromatic rings. The van der Waals surface area contributed by atoms with E-state index in [1.807, 2.05) is 48.5 Å².